The lowest BCUT2D eigenvalue weighted by Crippen LogP contribution is -2.09. The largest absolute Gasteiger partial charge is 0.497 e. The fourth-order valence-corrected chi connectivity index (χ4v) is 1.75. The van der Waals surface area contributed by atoms with Gasteiger partial charge in [-0.15, -0.1) is 0 Å². The van der Waals surface area contributed by atoms with Crippen LogP contribution in [0.1, 0.15) is 5.56 Å². The van der Waals surface area contributed by atoms with Crippen molar-refractivity contribution in [3.05, 3.63) is 48.0 Å². The Morgan fingerprint density at radius 3 is 2.20 bits per heavy atom. The number of benzene rings is 2. The van der Waals surface area contributed by atoms with E-state index in [1.165, 1.54) is 0 Å². The van der Waals surface area contributed by atoms with Crippen molar-refractivity contribution < 1.29 is 14.2 Å². The quantitative estimate of drug-likeness (QED) is 0.649. The number of hydrogen-bond donors (Lipinski definition) is 1. The van der Waals surface area contributed by atoms with Crippen molar-refractivity contribution in [3.8, 4) is 17.2 Å². The summed E-state index contributed by atoms with van der Waals surface area (Å²) >= 11 is 0. The van der Waals surface area contributed by atoms with E-state index in [1.54, 1.807) is 7.11 Å². The third kappa shape index (κ3) is 3.82. The van der Waals surface area contributed by atoms with Gasteiger partial charge in [-0.25, -0.2) is 0 Å². The highest BCUT2D eigenvalue weighted by Crippen LogP contribution is 2.20. The molecule has 2 aromatic carbocycles. The topological polar surface area (TPSA) is 53.7 Å². The van der Waals surface area contributed by atoms with Crippen LogP contribution in [0, 0.1) is 6.92 Å². The molecule has 0 aliphatic carbocycles. The molecule has 0 unspecified atom stereocenters. The number of aryl methyl sites for hydroxylation is 1. The standard InChI is InChI=1S/C16H19NO3/c1-12-10-15(6-7-16(12)17)20-9-8-19-14-5-3-4-13(11-14)18-2/h3-7,10-11H,8-9,17H2,1-2H3. The zero-order chi connectivity index (χ0) is 14.4. The third-order valence-electron chi connectivity index (χ3n) is 2.90. The molecule has 2 rings (SSSR count). The number of anilines is 1. The maximum Gasteiger partial charge on any atom is 0.123 e. The SMILES string of the molecule is COc1cccc(OCCOc2ccc(N)c(C)c2)c1. The Morgan fingerprint density at radius 2 is 1.55 bits per heavy atom. The Labute approximate surface area is 119 Å². The number of nitrogen functional groups attached to an aromatic ring is 1. The van der Waals surface area contributed by atoms with Gasteiger partial charge in [-0.2, -0.15) is 0 Å². The van der Waals surface area contributed by atoms with Crippen LogP contribution in [0.4, 0.5) is 5.69 Å². The minimum Gasteiger partial charge on any atom is -0.497 e. The van der Waals surface area contributed by atoms with Crippen LogP contribution < -0.4 is 19.9 Å². The van der Waals surface area contributed by atoms with E-state index < -0.39 is 0 Å². The Hall–Kier alpha value is -2.36. The zero-order valence-electron chi connectivity index (χ0n) is 11.8. The molecule has 2 aromatic rings. The smallest absolute Gasteiger partial charge is 0.123 e. The molecule has 0 aromatic heterocycles. The minimum absolute atomic E-state index is 0.469. The van der Waals surface area contributed by atoms with Crippen molar-refractivity contribution in [2.75, 3.05) is 26.1 Å². The van der Waals surface area contributed by atoms with Gasteiger partial charge in [-0.3, -0.25) is 0 Å². The van der Waals surface area contributed by atoms with E-state index in [1.807, 2.05) is 49.4 Å². The van der Waals surface area contributed by atoms with Crippen molar-refractivity contribution in [1.29, 1.82) is 0 Å². The molecule has 0 bridgehead atoms. The fourth-order valence-electron chi connectivity index (χ4n) is 1.75. The second-order valence-electron chi connectivity index (χ2n) is 4.39. The summed E-state index contributed by atoms with van der Waals surface area (Å²) in [6.45, 7) is 2.89. The Morgan fingerprint density at radius 1 is 0.900 bits per heavy atom. The summed E-state index contributed by atoms with van der Waals surface area (Å²) in [7, 11) is 1.63. The minimum atomic E-state index is 0.469. The van der Waals surface area contributed by atoms with Gasteiger partial charge >= 0.3 is 0 Å². The third-order valence-corrected chi connectivity index (χ3v) is 2.90. The molecule has 0 aliphatic rings. The number of methoxy groups -OCH3 is 1. The van der Waals surface area contributed by atoms with Crippen LogP contribution in [-0.4, -0.2) is 20.3 Å². The second-order valence-corrected chi connectivity index (χ2v) is 4.39. The fraction of sp³-hybridized carbons (Fsp3) is 0.250. The molecule has 0 radical (unpaired) electrons. The number of rotatable bonds is 6. The van der Waals surface area contributed by atoms with Crippen LogP contribution in [0.5, 0.6) is 17.2 Å². The average molecular weight is 273 g/mol. The van der Waals surface area contributed by atoms with E-state index in [0.29, 0.717) is 13.2 Å². The molecule has 2 N–H and O–H groups in total. The summed E-state index contributed by atoms with van der Waals surface area (Å²) in [5, 5.41) is 0. The van der Waals surface area contributed by atoms with E-state index in [2.05, 4.69) is 0 Å². The molecule has 0 spiro atoms. The Kier molecular flexibility index (Phi) is 4.71. The summed E-state index contributed by atoms with van der Waals surface area (Å²) in [6, 6.07) is 13.1. The lowest BCUT2D eigenvalue weighted by atomic mass is 10.2. The Bertz CT molecular complexity index is 569. The predicted octanol–water partition coefficient (Wildman–Crippen LogP) is 3.04. The molecule has 106 valence electrons. The summed E-state index contributed by atoms with van der Waals surface area (Å²) < 4.78 is 16.3. The van der Waals surface area contributed by atoms with E-state index in [0.717, 1.165) is 28.5 Å². The van der Waals surface area contributed by atoms with Crippen LogP contribution in [-0.2, 0) is 0 Å². The van der Waals surface area contributed by atoms with Gasteiger partial charge in [0.15, 0.2) is 0 Å². The van der Waals surface area contributed by atoms with Crippen LogP contribution in [0.25, 0.3) is 0 Å². The van der Waals surface area contributed by atoms with E-state index in [4.69, 9.17) is 19.9 Å². The lowest BCUT2D eigenvalue weighted by molar-refractivity contribution is 0.216. The summed E-state index contributed by atoms with van der Waals surface area (Å²) in [5.74, 6) is 2.34. The van der Waals surface area contributed by atoms with Gasteiger partial charge in [0.25, 0.3) is 0 Å². The van der Waals surface area contributed by atoms with Crippen LogP contribution >= 0.6 is 0 Å². The summed E-state index contributed by atoms with van der Waals surface area (Å²) in [5.41, 5.74) is 7.53. The molecule has 0 aliphatic heterocycles. The first kappa shape index (κ1) is 14.1. The molecule has 4 heteroatoms. The van der Waals surface area contributed by atoms with Crippen molar-refractivity contribution in [1.82, 2.24) is 0 Å². The van der Waals surface area contributed by atoms with Crippen molar-refractivity contribution in [3.63, 3.8) is 0 Å². The Balaban J connectivity index is 1.79. The molecule has 0 saturated carbocycles. The molecule has 0 heterocycles. The first-order chi connectivity index (χ1) is 9.69. The number of hydrogen-bond acceptors (Lipinski definition) is 4. The van der Waals surface area contributed by atoms with Crippen LogP contribution in [0.2, 0.25) is 0 Å². The van der Waals surface area contributed by atoms with E-state index in [9.17, 15) is 0 Å². The van der Waals surface area contributed by atoms with Crippen molar-refractivity contribution in [2.45, 2.75) is 6.92 Å². The highest BCUT2D eigenvalue weighted by Gasteiger charge is 1.99. The predicted molar refractivity (Wildman–Crippen MR) is 79.6 cm³/mol. The first-order valence-electron chi connectivity index (χ1n) is 6.45. The van der Waals surface area contributed by atoms with Crippen LogP contribution in [0.3, 0.4) is 0 Å². The van der Waals surface area contributed by atoms with Gasteiger partial charge in [-0.05, 0) is 42.8 Å². The van der Waals surface area contributed by atoms with Crippen LogP contribution in [0.15, 0.2) is 42.5 Å². The average Bonchev–Trinajstić information content (AvgIpc) is 2.47. The first-order valence-corrected chi connectivity index (χ1v) is 6.45. The monoisotopic (exact) mass is 273 g/mol. The molecular formula is C16H19NO3. The molecule has 0 amide bonds. The molecule has 20 heavy (non-hydrogen) atoms. The number of ether oxygens (including phenoxy) is 3. The molecule has 4 nitrogen and oxygen atoms in total. The second kappa shape index (κ2) is 6.70. The van der Waals surface area contributed by atoms with E-state index >= 15 is 0 Å². The highest BCUT2D eigenvalue weighted by molar-refractivity contribution is 5.49. The summed E-state index contributed by atoms with van der Waals surface area (Å²) in [6.07, 6.45) is 0. The van der Waals surface area contributed by atoms with Gasteiger partial charge < -0.3 is 19.9 Å². The highest BCUT2D eigenvalue weighted by atomic mass is 16.5. The van der Waals surface area contributed by atoms with Gasteiger partial charge in [0.2, 0.25) is 0 Å². The molecule has 0 saturated heterocycles. The lowest BCUT2D eigenvalue weighted by Gasteiger charge is -2.10. The number of nitrogens with two attached hydrogens (primary N) is 1. The van der Waals surface area contributed by atoms with Gasteiger partial charge in [0, 0.05) is 11.8 Å². The van der Waals surface area contributed by atoms with Gasteiger partial charge in [0.1, 0.15) is 30.5 Å². The van der Waals surface area contributed by atoms with Gasteiger partial charge in [-0.1, -0.05) is 6.07 Å². The summed E-state index contributed by atoms with van der Waals surface area (Å²) in [4.78, 5) is 0. The van der Waals surface area contributed by atoms with E-state index in [-0.39, 0.29) is 0 Å². The molecular weight excluding hydrogens is 254 g/mol. The molecule has 0 atom stereocenters. The zero-order valence-corrected chi connectivity index (χ0v) is 11.8. The van der Waals surface area contributed by atoms with Crippen molar-refractivity contribution in [2.24, 2.45) is 0 Å². The van der Waals surface area contributed by atoms with Gasteiger partial charge in [0.05, 0.1) is 7.11 Å². The molecule has 0 fully saturated rings. The maximum atomic E-state index is 5.75. The normalized spacial score (nSPS) is 10.1. The maximum absolute atomic E-state index is 5.75. The van der Waals surface area contributed by atoms with Crippen molar-refractivity contribution >= 4 is 5.69 Å².